The van der Waals surface area contributed by atoms with E-state index in [0.717, 1.165) is 0 Å². The molecule has 0 saturated heterocycles. The zero-order valence-electron chi connectivity index (χ0n) is 8.23. The summed E-state index contributed by atoms with van der Waals surface area (Å²) < 4.78 is 14.1. The zero-order valence-corrected chi connectivity index (χ0v) is 15.4. The Balaban J connectivity index is -0.000000405. The molecule has 62 valence electrons. The molecule has 0 aliphatic rings. The van der Waals surface area contributed by atoms with Crippen molar-refractivity contribution in [3.8, 4) is 0 Å². The third kappa shape index (κ3) is 13.4. The molecule has 0 heterocycles. The van der Waals surface area contributed by atoms with Gasteiger partial charge < -0.3 is 18.9 Å². The Bertz CT molecular complexity index is 146. The number of hydrogen-bond donors (Lipinski definition) is 0. The van der Waals surface area contributed by atoms with Crippen LogP contribution in [-0.2, 0) is 9.09 Å². The third-order valence-corrected chi connectivity index (χ3v) is 1.82. The largest absolute Gasteiger partial charge is 1.00 e. The van der Waals surface area contributed by atoms with Gasteiger partial charge in [0.2, 0.25) is 0 Å². The van der Waals surface area contributed by atoms with Crippen molar-refractivity contribution < 1.29 is 122 Å². The Morgan fingerprint density at radius 1 is 1.17 bits per heavy atom. The molecule has 0 spiro atoms. The molecular weight excluding hydrogens is 233 g/mol. The molecule has 0 rings (SSSR count). The molecule has 0 N–H and O–H groups in total. The quantitative estimate of drug-likeness (QED) is 0.366. The van der Waals surface area contributed by atoms with Gasteiger partial charge in [-0.25, -0.2) is 0 Å². The van der Waals surface area contributed by atoms with Gasteiger partial charge in [0.05, 0.1) is 13.9 Å². The van der Waals surface area contributed by atoms with Gasteiger partial charge in [-0.3, -0.25) is 0 Å². The van der Waals surface area contributed by atoms with E-state index in [1.54, 1.807) is 20.8 Å². The molecule has 1 atom stereocenters. The summed E-state index contributed by atoms with van der Waals surface area (Å²) in [5, 5.41) is 0. The molecule has 0 saturated carbocycles. The first kappa shape index (κ1) is 20.8. The van der Waals surface area contributed by atoms with Crippen LogP contribution < -0.4 is 113 Å². The van der Waals surface area contributed by atoms with E-state index in [1.165, 1.54) is 0 Å². The minimum absolute atomic E-state index is 0. The van der Waals surface area contributed by atoms with Crippen molar-refractivity contribution in [3.05, 3.63) is 0 Å². The smallest absolute Gasteiger partial charge is 0.790 e. The Hall–Kier alpha value is 3.38. The normalized spacial score (nSPS) is 13.2. The Kier molecular flexibility index (Phi) is 16.6. The van der Waals surface area contributed by atoms with E-state index in [1.807, 2.05) is 0 Å². The van der Waals surface area contributed by atoms with Gasteiger partial charge in [-0.15, -0.1) is 0 Å². The molecule has 0 aromatic carbocycles. The molecule has 0 aliphatic heterocycles. The SMILES string of the molecule is CC(C)C(C)OP(=O)([O-])[O-].[K+].[K+]. The van der Waals surface area contributed by atoms with E-state index < -0.39 is 13.9 Å². The summed E-state index contributed by atoms with van der Waals surface area (Å²) in [6, 6.07) is 0. The summed E-state index contributed by atoms with van der Waals surface area (Å²) in [7, 11) is -4.78. The van der Waals surface area contributed by atoms with Gasteiger partial charge in [0.1, 0.15) is 0 Å². The second-order valence-corrected chi connectivity index (χ2v) is 3.61. The minimum atomic E-state index is -4.78. The molecule has 0 bridgehead atoms. The summed E-state index contributed by atoms with van der Waals surface area (Å²) in [4.78, 5) is 20.0. The molecule has 0 aromatic heterocycles. The predicted octanol–water partition coefficient (Wildman–Crippen LogP) is -6.12. The predicted molar refractivity (Wildman–Crippen MR) is 33.0 cm³/mol. The fourth-order valence-corrected chi connectivity index (χ4v) is 0.976. The maximum atomic E-state index is 10.00. The van der Waals surface area contributed by atoms with Crippen LogP contribution in [0, 0.1) is 5.92 Å². The van der Waals surface area contributed by atoms with Crippen LogP contribution in [0.2, 0.25) is 0 Å². The molecule has 0 amide bonds. The Morgan fingerprint density at radius 2 is 1.50 bits per heavy atom. The maximum Gasteiger partial charge on any atom is 1.00 e. The fraction of sp³-hybridized carbons (Fsp3) is 1.00. The van der Waals surface area contributed by atoms with Crippen LogP contribution >= 0.6 is 7.82 Å². The van der Waals surface area contributed by atoms with Gasteiger partial charge in [-0.1, -0.05) is 13.8 Å². The summed E-state index contributed by atoms with van der Waals surface area (Å²) in [6.45, 7) is 5.10. The Morgan fingerprint density at radius 3 is 1.58 bits per heavy atom. The van der Waals surface area contributed by atoms with Crippen molar-refractivity contribution in [2.24, 2.45) is 5.92 Å². The first-order valence-corrected chi connectivity index (χ1v) is 4.49. The molecule has 0 radical (unpaired) electrons. The summed E-state index contributed by atoms with van der Waals surface area (Å²) in [5.74, 6) is 0.0382. The average molecular weight is 244 g/mol. The summed E-state index contributed by atoms with van der Waals surface area (Å²) in [5.41, 5.74) is 0. The van der Waals surface area contributed by atoms with Crippen LogP contribution in [-0.4, -0.2) is 6.10 Å². The number of hydrogen-bond acceptors (Lipinski definition) is 4. The van der Waals surface area contributed by atoms with Gasteiger partial charge >= 0.3 is 103 Å². The van der Waals surface area contributed by atoms with Crippen molar-refractivity contribution in [1.82, 2.24) is 0 Å². The fourth-order valence-electron chi connectivity index (χ4n) is 0.325. The first-order chi connectivity index (χ1) is 4.33. The van der Waals surface area contributed by atoms with Crippen molar-refractivity contribution in [2.75, 3.05) is 0 Å². The molecule has 1 unspecified atom stereocenters. The van der Waals surface area contributed by atoms with E-state index >= 15 is 0 Å². The van der Waals surface area contributed by atoms with Crippen LogP contribution in [0.3, 0.4) is 0 Å². The van der Waals surface area contributed by atoms with Crippen LogP contribution in [0.1, 0.15) is 20.8 Å². The van der Waals surface area contributed by atoms with E-state index in [-0.39, 0.29) is 109 Å². The van der Waals surface area contributed by atoms with Crippen molar-refractivity contribution >= 4 is 7.82 Å². The summed E-state index contributed by atoms with van der Waals surface area (Å²) in [6.07, 6.45) is -0.527. The van der Waals surface area contributed by atoms with Crippen LogP contribution in [0.25, 0.3) is 0 Å². The van der Waals surface area contributed by atoms with E-state index in [0.29, 0.717) is 0 Å². The molecule has 7 heteroatoms. The second-order valence-electron chi connectivity index (χ2n) is 2.50. The third-order valence-electron chi connectivity index (χ3n) is 1.23. The van der Waals surface area contributed by atoms with Gasteiger partial charge in [0.15, 0.2) is 0 Å². The first-order valence-electron chi connectivity index (χ1n) is 3.03. The van der Waals surface area contributed by atoms with E-state index in [2.05, 4.69) is 4.52 Å². The summed E-state index contributed by atoms with van der Waals surface area (Å²) >= 11 is 0. The molecular formula is C5H11K2O4P. The number of rotatable bonds is 3. The molecule has 0 aliphatic carbocycles. The van der Waals surface area contributed by atoms with Crippen molar-refractivity contribution in [2.45, 2.75) is 26.9 Å². The van der Waals surface area contributed by atoms with E-state index in [4.69, 9.17) is 0 Å². The van der Waals surface area contributed by atoms with Crippen LogP contribution in [0.5, 0.6) is 0 Å². The van der Waals surface area contributed by atoms with Crippen molar-refractivity contribution in [3.63, 3.8) is 0 Å². The average Bonchev–Trinajstić information content (AvgIpc) is 1.60. The monoisotopic (exact) mass is 244 g/mol. The van der Waals surface area contributed by atoms with Crippen LogP contribution in [0.4, 0.5) is 0 Å². The van der Waals surface area contributed by atoms with Crippen LogP contribution in [0.15, 0.2) is 0 Å². The van der Waals surface area contributed by atoms with Gasteiger partial charge in [-0.05, 0) is 12.8 Å². The van der Waals surface area contributed by atoms with Gasteiger partial charge in [0, 0.05) is 0 Å². The van der Waals surface area contributed by atoms with Crippen molar-refractivity contribution in [1.29, 1.82) is 0 Å². The van der Waals surface area contributed by atoms with Gasteiger partial charge in [0.25, 0.3) is 0 Å². The standard InChI is InChI=1S/C5H13O4P.2K/c1-4(2)5(3)9-10(6,7)8;;/h4-5H,1-3H3,(H2,6,7,8);;/q;2*+1/p-2. The minimum Gasteiger partial charge on any atom is -0.790 e. The van der Waals surface area contributed by atoms with Gasteiger partial charge in [-0.2, -0.15) is 0 Å². The Labute approximate surface area is 158 Å². The molecule has 0 fully saturated rings. The zero-order chi connectivity index (χ0) is 8.36. The number of phosphoric ester groups is 1. The molecule has 0 aromatic rings. The maximum absolute atomic E-state index is 10.00. The molecule has 12 heavy (non-hydrogen) atoms. The topological polar surface area (TPSA) is 72.4 Å². The van der Waals surface area contributed by atoms with E-state index in [9.17, 15) is 14.4 Å². The number of phosphoric acid groups is 1. The second kappa shape index (κ2) is 9.60. The molecule has 4 nitrogen and oxygen atoms in total.